The second-order valence-corrected chi connectivity index (χ2v) is 3.23. The first kappa shape index (κ1) is 6.93. The van der Waals surface area contributed by atoms with Crippen LogP contribution in [0.2, 0.25) is 0 Å². The van der Waals surface area contributed by atoms with Gasteiger partial charge in [-0.25, -0.2) is 0 Å². The average molecular weight is 146 g/mol. The zero-order chi connectivity index (χ0) is 6.69. The molecule has 9 heavy (non-hydrogen) atoms. The highest BCUT2D eigenvalue weighted by Gasteiger charge is 2.32. The normalized spacial score (nSPS) is 23.4. The molecule has 1 aliphatic rings. The molecule has 0 aromatic heterocycles. The number of esters is 1. The second kappa shape index (κ2) is 3.11. The summed E-state index contributed by atoms with van der Waals surface area (Å²) in [4.78, 5) is 10.7. The average Bonchev–Trinajstić information content (AvgIpc) is 2.63. The van der Waals surface area contributed by atoms with Gasteiger partial charge in [0.2, 0.25) is 0 Å². The molecule has 52 valence electrons. The van der Waals surface area contributed by atoms with Crippen LogP contribution in [-0.4, -0.2) is 23.6 Å². The molecule has 0 aromatic rings. The van der Waals surface area contributed by atoms with E-state index in [0.29, 0.717) is 6.61 Å². The van der Waals surface area contributed by atoms with Gasteiger partial charge in [-0.1, -0.05) is 6.92 Å². The smallest absolute Gasteiger partial charge is 0.319 e. The van der Waals surface area contributed by atoms with Gasteiger partial charge in [0, 0.05) is 5.75 Å². The van der Waals surface area contributed by atoms with Crippen molar-refractivity contribution in [2.24, 2.45) is 0 Å². The van der Waals surface area contributed by atoms with Gasteiger partial charge in [0.05, 0.1) is 6.61 Å². The van der Waals surface area contributed by atoms with Crippen LogP contribution in [0.5, 0.6) is 0 Å². The Balaban J connectivity index is 2.03. The predicted octanol–water partition coefficient (Wildman–Crippen LogP) is 1.06. The third kappa shape index (κ3) is 2.26. The first-order valence-electron chi connectivity index (χ1n) is 3.13. The van der Waals surface area contributed by atoms with Crippen LogP contribution in [0, 0.1) is 0 Å². The lowest BCUT2D eigenvalue weighted by Crippen LogP contribution is -2.10. The number of rotatable bonds is 3. The molecule has 0 aromatic carbocycles. The van der Waals surface area contributed by atoms with E-state index in [-0.39, 0.29) is 11.2 Å². The minimum atomic E-state index is -0.0261. The Morgan fingerprint density at radius 1 is 1.89 bits per heavy atom. The van der Waals surface area contributed by atoms with Crippen LogP contribution in [0.3, 0.4) is 0 Å². The van der Waals surface area contributed by atoms with Gasteiger partial charge in [-0.05, 0) is 6.42 Å². The van der Waals surface area contributed by atoms with Crippen molar-refractivity contribution in [2.75, 3.05) is 12.4 Å². The van der Waals surface area contributed by atoms with Crippen molar-refractivity contribution in [3.63, 3.8) is 0 Å². The lowest BCUT2D eigenvalue weighted by molar-refractivity contribution is -0.141. The highest BCUT2D eigenvalue weighted by molar-refractivity contribution is 8.07. The standard InChI is InChI=1S/C6H10O2S/c1-2-3-8-6(7)5-4-9-5/h5H,2-4H2,1H3. The third-order valence-electron chi connectivity index (χ3n) is 1.04. The molecule has 1 aliphatic heterocycles. The van der Waals surface area contributed by atoms with Gasteiger partial charge in [-0.3, -0.25) is 4.79 Å². The van der Waals surface area contributed by atoms with Crippen molar-refractivity contribution in [3.8, 4) is 0 Å². The van der Waals surface area contributed by atoms with Crippen molar-refractivity contribution in [1.82, 2.24) is 0 Å². The molecule has 1 rings (SSSR count). The van der Waals surface area contributed by atoms with Crippen molar-refractivity contribution in [1.29, 1.82) is 0 Å². The molecule has 1 atom stereocenters. The van der Waals surface area contributed by atoms with E-state index >= 15 is 0 Å². The maximum absolute atomic E-state index is 10.7. The summed E-state index contributed by atoms with van der Waals surface area (Å²) >= 11 is 1.65. The summed E-state index contributed by atoms with van der Waals surface area (Å²) < 4.78 is 4.86. The number of hydrogen-bond donors (Lipinski definition) is 0. The van der Waals surface area contributed by atoms with Gasteiger partial charge in [0.25, 0.3) is 0 Å². The molecule has 1 unspecified atom stereocenters. The molecular formula is C6H10O2S. The monoisotopic (exact) mass is 146 g/mol. The van der Waals surface area contributed by atoms with Crippen LogP contribution in [0.15, 0.2) is 0 Å². The number of carbonyl (C=O) groups is 1. The summed E-state index contributed by atoms with van der Waals surface area (Å²) in [7, 11) is 0. The fourth-order valence-electron chi connectivity index (χ4n) is 0.480. The Kier molecular flexibility index (Phi) is 2.39. The number of thioether (sulfide) groups is 1. The molecule has 0 aliphatic carbocycles. The zero-order valence-corrected chi connectivity index (χ0v) is 6.24. The molecule has 0 bridgehead atoms. The van der Waals surface area contributed by atoms with E-state index < -0.39 is 0 Å². The summed E-state index contributed by atoms with van der Waals surface area (Å²) in [5.41, 5.74) is 0. The molecule has 0 radical (unpaired) electrons. The van der Waals surface area contributed by atoms with Crippen molar-refractivity contribution in [2.45, 2.75) is 18.6 Å². The molecule has 0 N–H and O–H groups in total. The summed E-state index contributed by atoms with van der Waals surface area (Å²) in [5.74, 6) is 0.935. The quantitative estimate of drug-likeness (QED) is 0.440. The van der Waals surface area contributed by atoms with E-state index in [1.807, 2.05) is 6.92 Å². The highest BCUT2D eigenvalue weighted by atomic mass is 32.2. The van der Waals surface area contributed by atoms with E-state index in [1.165, 1.54) is 0 Å². The van der Waals surface area contributed by atoms with E-state index in [9.17, 15) is 4.79 Å². The fraction of sp³-hybridized carbons (Fsp3) is 0.833. The first-order valence-corrected chi connectivity index (χ1v) is 4.17. The Morgan fingerprint density at radius 2 is 2.56 bits per heavy atom. The van der Waals surface area contributed by atoms with E-state index in [4.69, 9.17) is 4.74 Å². The van der Waals surface area contributed by atoms with Crippen molar-refractivity contribution in [3.05, 3.63) is 0 Å². The third-order valence-corrected chi connectivity index (χ3v) is 1.90. The molecule has 1 saturated heterocycles. The number of hydrogen-bond acceptors (Lipinski definition) is 3. The van der Waals surface area contributed by atoms with Gasteiger partial charge in [0.15, 0.2) is 0 Å². The lowest BCUT2D eigenvalue weighted by atomic mass is 10.5. The van der Waals surface area contributed by atoms with Crippen LogP contribution in [0.4, 0.5) is 0 Å². The molecule has 3 heteroatoms. The van der Waals surface area contributed by atoms with Crippen LogP contribution >= 0.6 is 11.8 Å². The Bertz CT molecular complexity index is 110. The van der Waals surface area contributed by atoms with Gasteiger partial charge < -0.3 is 4.74 Å². The maximum atomic E-state index is 10.7. The topological polar surface area (TPSA) is 26.3 Å². The Labute approximate surface area is 59.0 Å². The van der Waals surface area contributed by atoms with Crippen LogP contribution in [0.1, 0.15) is 13.3 Å². The van der Waals surface area contributed by atoms with Gasteiger partial charge in [-0.2, -0.15) is 0 Å². The summed E-state index contributed by atoms with van der Waals surface area (Å²) in [6.07, 6.45) is 0.920. The molecule has 1 fully saturated rings. The van der Waals surface area contributed by atoms with Gasteiger partial charge >= 0.3 is 5.97 Å². The van der Waals surface area contributed by atoms with Crippen LogP contribution in [0.25, 0.3) is 0 Å². The van der Waals surface area contributed by atoms with E-state index in [0.717, 1.165) is 12.2 Å². The van der Waals surface area contributed by atoms with E-state index in [1.54, 1.807) is 11.8 Å². The SMILES string of the molecule is CCCOC(=O)C1CS1. The van der Waals surface area contributed by atoms with Gasteiger partial charge in [-0.15, -0.1) is 11.8 Å². The van der Waals surface area contributed by atoms with Crippen molar-refractivity contribution < 1.29 is 9.53 Å². The minimum Gasteiger partial charge on any atom is -0.465 e. The summed E-state index contributed by atoms with van der Waals surface area (Å²) in [6, 6.07) is 0. The number of carbonyl (C=O) groups excluding carboxylic acids is 1. The molecule has 2 nitrogen and oxygen atoms in total. The maximum Gasteiger partial charge on any atom is 0.319 e. The van der Waals surface area contributed by atoms with Gasteiger partial charge in [0.1, 0.15) is 5.25 Å². The Morgan fingerprint density at radius 3 is 3.00 bits per heavy atom. The molecule has 0 spiro atoms. The molecule has 1 heterocycles. The van der Waals surface area contributed by atoms with Crippen LogP contribution < -0.4 is 0 Å². The molecular weight excluding hydrogens is 136 g/mol. The van der Waals surface area contributed by atoms with Crippen molar-refractivity contribution >= 4 is 17.7 Å². The highest BCUT2D eigenvalue weighted by Crippen LogP contribution is 2.30. The first-order chi connectivity index (χ1) is 4.34. The van der Waals surface area contributed by atoms with E-state index in [2.05, 4.69) is 0 Å². The van der Waals surface area contributed by atoms with Crippen LogP contribution in [-0.2, 0) is 9.53 Å². The predicted molar refractivity (Wildman–Crippen MR) is 37.5 cm³/mol. The zero-order valence-electron chi connectivity index (χ0n) is 5.42. The summed E-state index contributed by atoms with van der Waals surface area (Å²) in [6.45, 7) is 2.57. The minimum absolute atomic E-state index is 0.0261. The molecule has 0 amide bonds. The summed E-state index contributed by atoms with van der Waals surface area (Å²) in [5, 5.41) is 0.177. The molecule has 0 saturated carbocycles. The largest absolute Gasteiger partial charge is 0.465 e. The number of ether oxygens (including phenoxy) is 1. The second-order valence-electron chi connectivity index (χ2n) is 1.99. The fourth-order valence-corrected chi connectivity index (χ4v) is 0.916. The Hall–Kier alpha value is -0.180. The lowest BCUT2D eigenvalue weighted by Gasteiger charge is -1.97.